The van der Waals surface area contributed by atoms with Crippen molar-refractivity contribution in [3.05, 3.63) is 271 Å². The number of aromatic nitrogens is 9. The Balaban J connectivity index is -0.0000000369. The van der Waals surface area contributed by atoms with Crippen molar-refractivity contribution in [1.82, 2.24) is 44.9 Å². The summed E-state index contributed by atoms with van der Waals surface area (Å²) in [5.74, 6) is 3.70. The number of primary amides is 2. The van der Waals surface area contributed by atoms with Gasteiger partial charge in [-0.1, -0.05) is 86.1 Å². The molecule has 0 bridgehead atoms. The van der Waals surface area contributed by atoms with Crippen molar-refractivity contribution in [1.29, 1.82) is 0 Å². The summed E-state index contributed by atoms with van der Waals surface area (Å²) in [6.45, 7) is 59.0. The van der Waals surface area contributed by atoms with Crippen LogP contribution in [0.15, 0.2) is 155 Å². The molecule has 0 saturated carbocycles. The van der Waals surface area contributed by atoms with Crippen LogP contribution in [-0.2, 0) is 39.2 Å². The number of aromatic hydroxyl groups is 1. The van der Waals surface area contributed by atoms with E-state index in [-0.39, 0.29) is 78.9 Å². The quantitative estimate of drug-likeness (QED) is 0.0156. The van der Waals surface area contributed by atoms with Crippen molar-refractivity contribution in [2.24, 2.45) is 11.5 Å². The van der Waals surface area contributed by atoms with Gasteiger partial charge in [-0.25, -0.2) is 69.1 Å². The number of nitrogens with one attached hydrogen (secondary N) is 6. The van der Waals surface area contributed by atoms with Crippen molar-refractivity contribution >= 4 is 223 Å². The van der Waals surface area contributed by atoms with E-state index in [2.05, 4.69) is 133 Å². The lowest BCUT2D eigenvalue weighted by Crippen LogP contribution is -2.41. The maximum absolute atomic E-state index is 11.6. The number of hydrogen-bond donors (Lipinski definition) is 10. The van der Waals surface area contributed by atoms with Crippen LogP contribution in [0, 0.1) is 32.9 Å². The highest BCUT2D eigenvalue weighted by molar-refractivity contribution is 9.10. The van der Waals surface area contributed by atoms with Gasteiger partial charge in [0.15, 0.2) is 18.9 Å². The first-order valence-corrected chi connectivity index (χ1v) is 45.4. The van der Waals surface area contributed by atoms with Crippen molar-refractivity contribution < 1.29 is 244 Å². The maximum atomic E-state index is 11.6. The van der Waals surface area contributed by atoms with E-state index in [1.807, 2.05) is 89.2 Å². The van der Waals surface area contributed by atoms with Gasteiger partial charge in [0.25, 0.3) is 11.8 Å². The Morgan fingerprint density at radius 1 is 0.415 bits per heavy atom. The van der Waals surface area contributed by atoms with Crippen LogP contribution in [0.25, 0.3) is 24.2 Å². The second kappa shape index (κ2) is 52.3. The summed E-state index contributed by atoms with van der Waals surface area (Å²) < 4.78 is 609. The van der Waals surface area contributed by atoms with Crippen LogP contribution in [0.4, 0.5) is 63.3 Å². The van der Waals surface area contributed by atoms with E-state index >= 15 is 0 Å². The van der Waals surface area contributed by atoms with Gasteiger partial charge in [0, 0.05) is 238 Å². The minimum atomic E-state index is -0.860. The zero-order chi connectivity index (χ0) is 216. The molecule has 13 heterocycles. The Kier molecular flexibility index (Phi) is 21.5. The molecular weight excluding hydrogens is 2070 g/mol. The first-order valence-electron chi connectivity index (χ1n) is 96.9. The van der Waals surface area contributed by atoms with Crippen molar-refractivity contribution in [3.63, 3.8) is 0 Å². The molecular formula is C92H205B4Br2Cl5N22O17. The van der Waals surface area contributed by atoms with Crippen LogP contribution in [0.1, 0.15) is 304 Å². The van der Waals surface area contributed by atoms with E-state index < -0.39 is 51.3 Å². The number of fused-ring (bicyclic) bond motifs is 1. The molecule has 50 heteroatoms. The molecule has 3 saturated heterocycles. The lowest BCUT2D eigenvalue weighted by Gasteiger charge is -2.32. The normalized spacial score (nSPS) is 17.3. The predicted molar refractivity (Wildman–Crippen MR) is 672 cm³/mol. The van der Waals surface area contributed by atoms with E-state index in [4.69, 9.17) is 318 Å². The Hall–Kier alpha value is -13.5. The molecule has 0 atom stereocenters. The number of anilines is 6. The monoisotopic (exact) mass is 2380 g/mol. The van der Waals surface area contributed by atoms with Crippen LogP contribution in [0.3, 0.4) is 0 Å². The summed E-state index contributed by atoms with van der Waals surface area (Å²) in [5, 5.41) is 36.6. The lowest BCUT2D eigenvalue weighted by atomic mass is 9.49. The molecule has 0 radical (unpaired) electrons. The van der Waals surface area contributed by atoms with Gasteiger partial charge in [0.2, 0.25) is 57.8 Å². The molecule has 0 spiro atoms. The Labute approximate surface area is 1030 Å². The Morgan fingerprint density at radius 3 is 1.13 bits per heavy atom. The molecule has 11 aromatic rings. The number of hydrogen-bond acceptors (Lipinski definition) is 32. The van der Waals surface area contributed by atoms with Gasteiger partial charge >= 0.3 is 28.3 Å². The highest BCUT2D eigenvalue weighted by Gasteiger charge is 2.64. The first-order chi connectivity index (χ1) is 122. The van der Waals surface area contributed by atoms with Crippen molar-refractivity contribution in [2.45, 2.75) is 123 Å². The van der Waals surface area contributed by atoms with E-state index in [1.165, 1.54) is 36.4 Å². The van der Waals surface area contributed by atoms with Crippen molar-refractivity contribution in [2.75, 3.05) is 74.2 Å². The average molecular weight is 2380 g/mol. The van der Waals surface area contributed by atoms with Crippen LogP contribution >= 0.6 is 89.9 Å². The molecule has 2 aromatic carbocycles. The number of phenols is 1. The lowest BCUT2D eigenvalue weighted by molar-refractivity contribution is 0.00578. The fourth-order valence-electron chi connectivity index (χ4n) is 11.7. The van der Waals surface area contributed by atoms with E-state index in [9.17, 15) is 29.0 Å². The number of rotatable bonds is 19. The number of phenolic OH excluding ortho intramolecular Hbond substituents is 1. The Bertz CT molecular complexity index is 6730. The largest absolute Gasteiger partial charge is 0.508 e. The number of carbonyl (C=O) groups excluding carboxylic acids is 5. The SMILES string of the molecule is CC1(C)OB(B2OC(C)(C)C(C)(C)O2)OC1(C)C.CNc1nc(Cl)ccc1C(N)=O.NC(=O)c1ccc(Cl)nc1Cl.O=Cc1cc(O)ccc1Br.[2H][2H].[2H][2H].[2H][2H].[2H][2H].[2H][2H].[2H][2H].[2H][2H].[2H][2H].[2H][2H].[2H][2H].[2H][2H].[2H][2H].[2H][2H].[2H][2H].[2H][2H].[2H][2H].[2H][2H].[2H][2H].[2H][2H].[2H][2H].[2H][2H].[2H][2H].[2H][2H].[2H][2H].[2H][2H].[2H][2H].[2H][2H].[2H][2H].[2H][2H].[2H][2H].[2H][2H].[2H][2H].[2H][2H].[2H][2H].[2H][2H].[2H][2H].[2H][2H].[2H][2H].[2H][2H].[2H][2H].[2H][2H].[2H][2H].[2H][2H].[2H][2H].[2H][2H].[2H][2H].[2H][2H].[2H][2H].[2H][2H].[2H][2H].[2H][2H].[2H][2H].[2H][2H].[2H][2H].[2H][2H].[C-]#[N+]c1ccc(Cl)nc1NC.[C-]#[N+]c1ccc(Cl)nc1NC.[C-]#[N+]c1ccc(Oc2ccc(B3OC(C)(C)C(C)(C)O3)c(C=O)n2)nc1NC.[C-]#[N+]c1ccc(Oc2ccc(Br)c(C=O)n2)nc1NC.[C-]#[N+]c1ccc(Oc2ccc3c(c2)COB3O)nc1NC. The second-order valence-corrected chi connectivity index (χ2v) is 35.8. The van der Waals surface area contributed by atoms with Crippen LogP contribution < -0.4 is 68.5 Å². The van der Waals surface area contributed by atoms with Crippen molar-refractivity contribution in [3.8, 4) is 40.9 Å². The standard InChI is InChI=1S/C19H21BN4O4.C14H12BN3O3.C13H9BrN4O2.C12H24B2O4.C7H5BrO2.C7H8ClN3O.2C7H6ClN3.C6H4Cl2N2O.55H2/c1-18(2)19(3,4)28-20(27-18)12-7-9-15(23-14(12)11-25)26-16-10-8-13(21-5)17(22-6)24-16;1-16-12-5-6-13(18-14(12)17-2)21-10-3-4-11-9(7-10)8-20-15(11)19;1-15-9-4-6-12(18-13(9)16-2)20-11-5-3-8(14)10(7-19)17-11;1-9(2)10(3,4)16-13(15-9)14-17-11(5,6)12(7,8)18-14;8-7-2-1-6(10)3-5(7)4-9;1-10-7-4(6(9)12)2-3-5(8)11-7;2*1-9-5-3-4-6(8)11-7(5)10-2;7-4-2-1-3(6(9)11)5(8)10-4;;;;;;;;;;;;;;;;;;;;;;;;;;;;;;;;;;;;;;;;;;;;;;;;;;;;;;;/h7-11H,1-4,6H3,(H,22,24);3-7,19H,8H2,2H3,(H,17,18);3-7H,2H3,(H,16,18);1-8H3;1-4,10H;2-3H,1H3,(H2,9,12)(H,10,11);2*3-4H,2H3,(H,10,11);1-2H,(H2,9,11);55*1H/i;;;;;;;;;55*1+1D. The van der Waals surface area contributed by atoms with E-state index in [1.54, 1.807) is 145 Å². The van der Waals surface area contributed by atoms with Crippen LogP contribution in [0.2, 0.25) is 25.8 Å². The molecule has 2 amide bonds. The number of aldehydes is 3. The Morgan fingerprint density at radius 2 is 0.746 bits per heavy atom. The van der Waals surface area contributed by atoms with Gasteiger partial charge in [-0.2, -0.15) is 0 Å². The molecule has 12 N–H and O–H groups in total. The van der Waals surface area contributed by atoms with Gasteiger partial charge in [0.1, 0.15) is 83.6 Å². The van der Waals surface area contributed by atoms with E-state index in [0.717, 1.165) is 11.0 Å². The van der Waals surface area contributed by atoms with Gasteiger partial charge in [-0.3, -0.25) is 24.0 Å². The second-order valence-electron chi connectivity index (χ2n) is 32.2. The molecule has 15 rings (SSSR count). The summed E-state index contributed by atoms with van der Waals surface area (Å²) in [5.41, 5.74) is 13.3. The fraction of sp³-hybridized carbons (Fsp3) is 0.272. The molecule has 0 unspecified atom stereocenters. The number of ether oxygens (including phenoxy) is 3. The predicted octanol–water partition coefficient (Wildman–Crippen LogP) is 32.9. The summed E-state index contributed by atoms with van der Waals surface area (Å²) in [4.78, 5) is 107. The summed E-state index contributed by atoms with van der Waals surface area (Å²) in [6.07, 6.45) is 1.96. The molecule has 846 valence electrons. The molecule has 9 aromatic heterocycles. The third kappa shape index (κ3) is 31.5. The third-order valence-corrected chi connectivity index (χ3v) is 23.8. The number of benzene rings is 2. The van der Waals surface area contributed by atoms with Gasteiger partial charge in [-0.15, -0.1) is 0 Å². The first kappa shape index (κ1) is 58.2. The topological polar surface area (TPSA) is 480 Å². The molecule has 39 nitrogen and oxygen atoms in total. The minimum absolute atomic E-state index is 0.0324. The highest BCUT2D eigenvalue weighted by atomic mass is 79.9. The molecule has 3 fully saturated rings. The molecule has 4 aliphatic heterocycles. The average Bonchev–Trinajstić information content (AvgIpc) is 1.59. The highest BCUT2D eigenvalue weighted by Crippen LogP contribution is 2.44. The summed E-state index contributed by atoms with van der Waals surface area (Å²) in [6, 6.07) is 38.5. The number of halogens is 7. The van der Waals surface area contributed by atoms with Gasteiger partial charge in [0.05, 0.1) is 84.2 Å². The van der Waals surface area contributed by atoms with Gasteiger partial charge in [-0.05, 0) is 231 Å². The summed E-state index contributed by atoms with van der Waals surface area (Å²) in [7, 11) is 7.58. The maximum Gasteiger partial charge on any atom is 0.497 e. The van der Waals surface area contributed by atoms with E-state index in [0.29, 0.717) is 141 Å². The molecule has 4 aliphatic rings. The summed E-state index contributed by atoms with van der Waals surface area (Å²) >= 11 is 34.2. The number of nitrogens with two attached hydrogens (primary N) is 2. The molecule has 0 aliphatic carbocycles. The zero-order valence-corrected chi connectivity index (χ0v) is 86.6. The smallest absolute Gasteiger partial charge is 0.497 e. The zero-order valence-electron chi connectivity index (χ0n) is 190. The number of amides is 2. The minimum Gasteiger partial charge on any atom is -0.508 e. The molecule has 142 heavy (non-hydrogen) atoms. The number of pyridine rings is 9. The van der Waals surface area contributed by atoms with Crippen LogP contribution in [-0.4, -0.2) is 190 Å². The van der Waals surface area contributed by atoms with Crippen LogP contribution in [0.5, 0.6) is 40.9 Å². The third-order valence-electron chi connectivity index (χ3n) is 21.3. The fourth-order valence-corrected chi connectivity index (χ4v) is 13.2. The number of carbonyl (C=O) groups is 5. The number of nitrogens with zero attached hydrogens (tertiary/aromatic N) is 14. The van der Waals surface area contributed by atoms with Gasteiger partial charge < -0.3 is 100 Å².